The van der Waals surface area contributed by atoms with Crippen molar-refractivity contribution in [1.82, 2.24) is 0 Å². The van der Waals surface area contributed by atoms with Gasteiger partial charge in [0, 0.05) is 11.5 Å². The number of likely N-dealkylation sites (N-methyl/N-ethyl adjacent to an activating group) is 1. The quantitative estimate of drug-likeness (QED) is 0.705. The van der Waals surface area contributed by atoms with Gasteiger partial charge in [0.1, 0.15) is 49.7 Å². The van der Waals surface area contributed by atoms with Crippen LogP contribution in [0.5, 0.6) is 5.75 Å². The van der Waals surface area contributed by atoms with E-state index in [1.807, 2.05) is 6.07 Å². The van der Waals surface area contributed by atoms with Crippen LogP contribution in [0.25, 0.3) is 0 Å². The van der Waals surface area contributed by atoms with Crippen LogP contribution >= 0.6 is 0 Å². The number of nitrogens with one attached hydrogen (secondary N) is 2. The van der Waals surface area contributed by atoms with Crippen LogP contribution in [0, 0.1) is 17.8 Å². The van der Waals surface area contributed by atoms with Crippen molar-refractivity contribution in [3.63, 3.8) is 0 Å². The summed E-state index contributed by atoms with van der Waals surface area (Å²) >= 11 is 0. The van der Waals surface area contributed by atoms with E-state index < -0.39 is 0 Å². The fourth-order valence-electron chi connectivity index (χ4n) is 4.82. The molecule has 4 heteroatoms. The highest BCUT2D eigenvalue weighted by atomic mass is 16.5. The van der Waals surface area contributed by atoms with Crippen LogP contribution in [-0.4, -0.2) is 51.0 Å². The number of piperazine rings is 1. The molecule has 27 heavy (non-hydrogen) atoms. The first kappa shape index (κ1) is 18.8. The number of quaternary nitrogens is 2. The maximum atomic E-state index is 6.68. The highest BCUT2D eigenvalue weighted by molar-refractivity contribution is 5.39. The summed E-state index contributed by atoms with van der Waals surface area (Å²) in [6.45, 7) is 12.4. The van der Waals surface area contributed by atoms with E-state index in [2.05, 4.69) is 57.9 Å². The van der Waals surface area contributed by atoms with Crippen LogP contribution in [0.4, 0.5) is 0 Å². The summed E-state index contributed by atoms with van der Waals surface area (Å²) in [6, 6.07) is 8.33. The summed E-state index contributed by atoms with van der Waals surface area (Å²) in [5, 5.41) is 0. The Labute approximate surface area is 163 Å². The molecule has 2 fully saturated rings. The van der Waals surface area contributed by atoms with Gasteiger partial charge in [-0.25, -0.2) is 0 Å². The highest BCUT2D eigenvalue weighted by Crippen LogP contribution is 2.52. The molecule has 4 nitrogen and oxygen atoms in total. The van der Waals surface area contributed by atoms with E-state index in [1.165, 1.54) is 31.7 Å². The SMILES string of the molecule is C[NH+]1CC[NH+](CC#C[C@]2(C)CC[C@@H]3[C@H](O2)c2ccccc2OC3(C)C)CC1. The van der Waals surface area contributed by atoms with Gasteiger partial charge in [0.2, 0.25) is 0 Å². The Morgan fingerprint density at radius 3 is 2.63 bits per heavy atom. The zero-order chi connectivity index (χ0) is 19.1. The molecule has 0 saturated carbocycles. The van der Waals surface area contributed by atoms with Crippen molar-refractivity contribution in [3.05, 3.63) is 29.8 Å². The molecule has 3 atom stereocenters. The van der Waals surface area contributed by atoms with Crippen LogP contribution in [0.3, 0.4) is 0 Å². The zero-order valence-corrected chi connectivity index (χ0v) is 17.2. The van der Waals surface area contributed by atoms with Crippen molar-refractivity contribution < 1.29 is 19.3 Å². The predicted molar refractivity (Wildman–Crippen MR) is 106 cm³/mol. The molecule has 0 unspecified atom stereocenters. The average molecular weight is 371 g/mol. The lowest BCUT2D eigenvalue weighted by atomic mass is 9.73. The predicted octanol–water partition coefficient (Wildman–Crippen LogP) is 0.501. The number of hydrogen-bond donors (Lipinski definition) is 2. The molecule has 3 heterocycles. The lowest BCUT2D eigenvalue weighted by Crippen LogP contribution is -3.26. The molecule has 146 valence electrons. The molecule has 0 aromatic heterocycles. The topological polar surface area (TPSA) is 27.3 Å². The third-order valence-electron chi connectivity index (χ3n) is 6.68. The van der Waals surface area contributed by atoms with E-state index in [1.54, 1.807) is 9.80 Å². The summed E-state index contributed by atoms with van der Waals surface area (Å²) in [5.41, 5.74) is 0.612. The van der Waals surface area contributed by atoms with E-state index >= 15 is 0 Å². The Morgan fingerprint density at radius 2 is 1.85 bits per heavy atom. The van der Waals surface area contributed by atoms with Gasteiger partial charge in [-0.2, -0.15) is 0 Å². The van der Waals surface area contributed by atoms with Crippen molar-refractivity contribution in [2.75, 3.05) is 39.8 Å². The number of ether oxygens (including phenoxy) is 2. The van der Waals surface area contributed by atoms with E-state index in [-0.39, 0.29) is 17.3 Å². The minimum atomic E-state index is -0.362. The Morgan fingerprint density at radius 1 is 1.11 bits per heavy atom. The first-order valence-electron chi connectivity index (χ1n) is 10.5. The normalized spacial score (nSPS) is 37.2. The van der Waals surface area contributed by atoms with E-state index in [0.717, 1.165) is 25.1 Å². The van der Waals surface area contributed by atoms with Gasteiger partial charge in [0.15, 0.2) is 0 Å². The molecule has 2 saturated heterocycles. The molecule has 3 aliphatic rings. The minimum absolute atomic E-state index is 0.0672. The van der Waals surface area contributed by atoms with Crippen LogP contribution in [0.1, 0.15) is 45.3 Å². The van der Waals surface area contributed by atoms with E-state index in [4.69, 9.17) is 9.47 Å². The Balaban J connectivity index is 1.49. The molecule has 1 aromatic rings. The largest absolute Gasteiger partial charge is 0.487 e. The molecule has 2 N–H and O–H groups in total. The van der Waals surface area contributed by atoms with Crippen molar-refractivity contribution in [3.8, 4) is 17.6 Å². The smallest absolute Gasteiger partial charge is 0.139 e. The van der Waals surface area contributed by atoms with Gasteiger partial charge in [-0.05, 0) is 45.6 Å². The standard InChI is InChI=1S/C23H32N2O2/c1-22(2)19-10-12-23(3,11-7-13-25-16-14-24(4)15-17-25)27-21(19)18-8-5-6-9-20(18)26-22/h5-6,8-9,19,21H,10,12-17H2,1-4H3/p+2/t19-,21-,23-/m1/s1. The molecule has 0 amide bonds. The van der Waals surface area contributed by atoms with Gasteiger partial charge in [0.25, 0.3) is 0 Å². The third-order valence-corrected chi connectivity index (χ3v) is 6.68. The summed E-state index contributed by atoms with van der Waals surface area (Å²) in [6.07, 6.45) is 2.12. The fourth-order valence-corrected chi connectivity index (χ4v) is 4.82. The molecular formula is C23H34N2O2+2. The summed E-state index contributed by atoms with van der Waals surface area (Å²) in [7, 11) is 2.28. The van der Waals surface area contributed by atoms with Crippen molar-refractivity contribution >= 4 is 0 Å². The average Bonchev–Trinajstić information content (AvgIpc) is 2.63. The van der Waals surface area contributed by atoms with Crippen molar-refractivity contribution in [2.24, 2.45) is 5.92 Å². The van der Waals surface area contributed by atoms with Gasteiger partial charge in [0.05, 0.1) is 13.2 Å². The number of para-hydroxylation sites is 1. The number of hydrogen-bond acceptors (Lipinski definition) is 2. The first-order valence-corrected chi connectivity index (χ1v) is 10.5. The molecule has 3 aliphatic heterocycles. The lowest BCUT2D eigenvalue weighted by molar-refractivity contribution is -1.000. The molecular weight excluding hydrogens is 336 g/mol. The summed E-state index contributed by atoms with van der Waals surface area (Å²) in [5.74, 6) is 8.31. The van der Waals surface area contributed by atoms with Crippen molar-refractivity contribution in [2.45, 2.75) is 50.9 Å². The minimum Gasteiger partial charge on any atom is -0.487 e. The summed E-state index contributed by atoms with van der Waals surface area (Å²) < 4.78 is 13.0. The van der Waals surface area contributed by atoms with Gasteiger partial charge in [-0.3, -0.25) is 0 Å². The zero-order valence-electron chi connectivity index (χ0n) is 17.2. The van der Waals surface area contributed by atoms with Crippen LogP contribution in [0.2, 0.25) is 0 Å². The van der Waals surface area contributed by atoms with Gasteiger partial charge in [-0.15, -0.1) is 0 Å². The molecule has 4 rings (SSSR count). The highest BCUT2D eigenvalue weighted by Gasteiger charge is 2.49. The van der Waals surface area contributed by atoms with E-state index in [0.29, 0.717) is 5.92 Å². The lowest BCUT2D eigenvalue weighted by Gasteiger charge is -2.50. The Bertz CT molecular complexity index is 742. The number of benzene rings is 1. The molecule has 1 aromatic carbocycles. The molecule has 0 spiro atoms. The molecule has 0 bridgehead atoms. The Kier molecular flexibility index (Phi) is 4.96. The first-order chi connectivity index (χ1) is 12.9. The third kappa shape index (κ3) is 3.87. The van der Waals surface area contributed by atoms with Crippen LogP contribution < -0.4 is 14.5 Å². The molecule has 0 aliphatic carbocycles. The van der Waals surface area contributed by atoms with Crippen molar-refractivity contribution in [1.29, 1.82) is 0 Å². The number of rotatable bonds is 1. The number of fused-ring (bicyclic) bond motifs is 3. The van der Waals surface area contributed by atoms with E-state index in [9.17, 15) is 0 Å². The van der Waals surface area contributed by atoms with Crippen LogP contribution in [-0.2, 0) is 4.74 Å². The monoisotopic (exact) mass is 370 g/mol. The van der Waals surface area contributed by atoms with Crippen LogP contribution in [0.15, 0.2) is 24.3 Å². The maximum Gasteiger partial charge on any atom is 0.139 e. The Hall–Kier alpha value is -1.54. The second-order valence-corrected chi connectivity index (χ2v) is 9.34. The second-order valence-electron chi connectivity index (χ2n) is 9.34. The van der Waals surface area contributed by atoms with Gasteiger partial charge in [-0.1, -0.05) is 24.1 Å². The summed E-state index contributed by atoms with van der Waals surface area (Å²) in [4.78, 5) is 3.25. The van der Waals surface area contributed by atoms with Gasteiger partial charge < -0.3 is 19.3 Å². The second kappa shape index (κ2) is 7.13. The van der Waals surface area contributed by atoms with Gasteiger partial charge >= 0.3 is 0 Å². The fraction of sp³-hybridized carbons (Fsp3) is 0.652. The molecule has 0 radical (unpaired) electrons. The maximum absolute atomic E-state index is 6.68.